The van der Waals surface area contributed by atoms with Crippen LogP contribution in [-0.2, 0) is 22.6 Å². The van der Waals surface area contributed by atoms with E-state index < -0.39 is 12.1 Å². The Morgan fingerprint density at radius 2 is 1.53 bits per heavy atom. The highest BCUT2D eigenvalue weighted by Crippen LogP contribution is 2.17. The van der Waals surface area contributed by atoms with E-state index >= 15 is 0 Å². The summed E-state index contributed by atoms with van der Waals surface area (Å²) in [6.07, 6.45) is -0.322. The van der Waals surface area contributed by atoms with Gasteiger partial charge in [-0.05, 0) is 23.3 Å². The monoisotopic (exact) mass is 404 g/mol. The molecule has 0 fully saturated rings. The lowest BCUT2D eigenvalue weighted by atomic mass is 10.1. The van der Waals surface area contributed by atoms with Crippen LogP contribution in [0.25, 0.3) is 0 Å². The molecule has 154 valence electrons. The van der Waals surface area contributed by atoms with Crippen molar-refractivity contribution in [2.75, 3.05) is 12.4 Å². The van der Waals surface area contributed by atoms with Gasteiger partial charge in [0.1, 0.15) is 18.4 Å². The van der Waals surface area contributed by atoms with Crippen LogP contribution in [-0.4, -0.2) is 25.2 Å². The van der Waals surface area contributed by atoms with Gasteiger partial charge in [-0.1, -0.05) is 66.7 Å². The third-order valence-corrected chi connectivity index (χ3v) is 4.44. The first-order valence-electron chi connectivity index (χ1n) is 9.60. The second kappa shape index (κ2) is 10.7. The summed E-state index contributed by atoms with van der Waals surface area (Å²) in [5.74, 6) is 0.284. The lowest BCUT2D eigenvalue weighted by Crippen LogP contribution is -2.45. The first-order chi connectivity index (χ1) is 14.6. The fourth-order valence-electron chi connectivity index (χ4n) is 2.90. The van der Waals surface area contributed by atoms with Crippen LogP contribution in [0.4, 0.5) is 10.5 Å². The van der Waals surface area contributed by atoms with Gasteiger partial charge < -0.3 is 20.1 Å². The smallest absolute Gasteiger partial charge is 0.408 e. The molecule has 1 unspecified atom stereocenters. The molecular weight excluding hydrogens is 380 g/mol. The topological polar surface area (TPSA) is 76.7 Å². The van der Waals surface area contributed by atoms with E-state index in [1.54, 1.807) is 31.4 Å². The standard InChI is InChI=1S/C24H24N2O4/c1-29-21-14-8-13-20(16-21)25-23(27)22(15-18-9-4-2-5-10-18)26-24(28)30-17-19-11-6-3-7-12-19/h2-14,16,22H,15,17H2,1H3,(H,25,27)(H,26,28). The third-order valence-electron chi connectivity index (χ3n) is 4.44. The van der Waals surface area contributed by atoms with Crippen LogP contribution >= 0.6 is 0 Å². The van der Waals surface area contributed by atoms with Crippen LogP contribution in [0.5, 0.6) is 5.75 Å². The van der Waals surface area contributed by atoms with E-state index in [1.165, 1.54) is 0 Å². The number of carbonyl (C=O) groups excluding carboxylic acids is 2. The van der Waals surface area contributed by atoms with Crippen molar-refractivity contribution in [3.63, 3.8) is 0 Å². The summed E-state index contributed by atoms with van der Waals surface area (Å²) in [6.45, 7) is 0.127. The molecule has 2 N–H and O–H groups in total. The number of methoxy groups -OCH3 is 1. The minimum absolute atomic E-state index is 0.127. The first kappa shape index (κ1) is 20.9. The molecule has 0 spiro atoms. The van der Waals surface area contributed by atoms with Crippen molar-refractivity contribution >= 4 is 17.7 Å². The van der Waals surface area contributed by atoms with Gasteiger partial charge in [-0.3, -0.25) is 4.79 Å². The normalized spacial score (nSPS) is 11.2. The Morgan fingerprint density at radius 3 is 2.20 bits per heavy atom. The van der Waals surface area contributed by atoms with E-state index in [0.717, 1.165) is 11.1 Å². The highest BCUT2D eigenvalue weighted by atomic mass is 16.5. The molecule has 3 aromatic rings. The molecule has 3 rings (SSSR count). The molecule has 30 heavy (non-hydrogen) atoms. The Kier molecular flexibility index (Phi) is 7.44. The van der Waals surface area contributed by atoms with Gasteiger partial charge in [-0.15, -0.1) is 0 Å². The fraction of sp³-hybridized carbons (Fsp3) is 0.167. The molecule has 0 saturated heterocycles. The van der Waals surface area contributed by atoms with Gasteiger partial charge >= 0.3 is 6.09 Å². The van der Waals surface area contributed by atoms with Gasteiger partial charge in [0.05, 0.1) is 7.11 Å². The van der Waals surface area contributed by atoms with E-state index in [9.17, 15) is 9.59 Å². The van der Waals surface area contributed by atoms with E-state index in [0.29, 0.717) is 17.9 Å². The van der Waals surface area contributed by atoms with Crippen molar-refractivity contribution in [1.82, 2.24) is 5.32 Å². The van der Waals surface area contributed by atoms with Gasteiger partial charge in [0.25, 0.3) is 0 Å². The number of carbonyl (C=O) groups is 2. The second-order valence-corrected chi connectivity index (χ2v) is 6.67. The molecular formula is C24H24N2O4. The quantitative estimate of drug-likeness (QED) is 0.591. The molecule has 0 saturated carbocycles. The van der Waals surface area contributed by atoms with Crippen molar-refractivity contribution in [2.24, 2.45) is 0 Å². The van der Waals surface area contributed by atoms with Crippen LogP contribution in [0.1, 0.15) is 11.1 Å². The SMILES string of the molecule is COc1cccc(NC(=O)C(Cc2ccccc2)NC(=O)OCc2ccccc2)c1. The summed E-state index contributed by atoms with van der Waals surface area (Å²) in [4.78, 5) is 25.2. The molecule has 0 heterocycles. The average molecular weight is 404 g/mol. The zero-order valence-electron chi connectivity index (χ0n) is 16.7. The number of nitrogens with one attached hydrogen (secondary N) is 2. The molecule has 0 bridgehead atoms. The minimum atomic E-state index is -0.804. The van der Waals surface area contributed by atoms with Crippen molar-refractivity contribution in [3.8, 4) is 5.75 Å². The number of rotatable bonds is 8. The van der Waals surface area contributed by atoms with Crippen molar-refractivity contribution in [3.05, 3.63) is 96.1 Å². The number of benzene rings is 3. The molecule has 0 aliphatic rings. The van der Waals surface area contributed by atoms with Gasteiger partial charge in [-0.25, -0.2) is 4.79 Å². The fourth-order valence-corrected chi connectivity index (χ4v) is 2.90. The Labute approximate surface area is 175 Å². The summed E-state index contributed by atoms with van der Waals surface area (Å²) in [5.41, 5.74) is 2.37. The van der Waals surface area contributed by atoms with Crippen LogP contribution in [0.2, 0.25) is 0 Å². The van der Waals surface area contributed by atoms with Crippen molar-refractivity contribution in [2.45, 2.75) is 19.1 Å². The summed E-state index contributed by atoms with van der Waals surface area (Å²) in [7, 11) is 1.56. The van der Waals surface area contributed by atoms with Gasteiger partial charge in [-0.2, -0.15) is 0 Å². The summed E-state index contributed by atoms with van der Waals surface area (Å²) in [5, 5.41) is 5.51. The van der Waals surface area contributed by atoms with E-state index in [-0.39, 0.29) is 12.5 Å². The van der Waals surface area contributed by atoms with E-state index in [1.807, 2.05) is 60.7 Å². The number of hydrogen-bond acceptors (Lipinski definition) is 4. The van der Waals surface area contributed by atoms with E-state index in [4.69, 9.17) is 9.47 Å². The Balaban J connectivity index is 1.67. The molecule has 6 heteroatoms. The number of ether oxygens (including phenoxy) is 2. The van der Waals surface area contributed by atoms with Crippen molar-refractivity contribution < 1.29 is 19.1 Å². The van der Waals surface area contributed by atoms with Gasteiger partial charge in [0.15, 0.2) is 0 Å². The number of anilines is 1. The molecule has 6 nitrogen and oxygen atoms in total. The maximum absolute atomic E-state index is 12.9. The molecule has 0 aliphatic heterocycles. The maximum atomic E-state index is 12.9. The Bertz CT molecular complexity index is 961. The maximum Gasteiger partial charge on any atom is 0.408 e. The van der Waals surface area contributed by atoms with Crippen LogP contribution in [0, 0.1) is 0 Å². The predicted octanol–water partition coefficient (Wildman–Crippen LogP) is 4.17. The first-order valence-corrected chi connectivity index (χ1v) is 9.60. The highest BCUT2D eigenvalue weighted by molar-refractivity contribution is 5.96. The number of hydrogen-bond donors (Lipinski definition) is 2. The van der Waals surface area contributed by atoms with Crippen LogP contribution in [0.3, 0.4) is 0 Å². The molecule has 3 aromatic carbocycles. The van der Waals surface area contributed by atoms with Crippen LogP contribution in [0.15, 0.2) is 84.9 Å². The number of amides is 2. The van der Waals surface area contributed by atoms with Crippen molar-refractivity contribution in [1.29, 1.82) is 0 Å². The lowest BCUT2D eigenvalue weighted by molar-refractivity contribution is -0.118. The minimum Gasteiger partial charge on any atom is -0.497 e. The summed E-state index contributed by atoms with van der Waals surface area (Å²) >= 11 is 0. The third kappa shape index (κ3) is 6.38. The largest absolute Gasteiger partial charge is 0.497 e. The molecule has 0 aliphatic carbocycles. The second-order valence-electron chi connectivity index (χ2n) is 6.67. The highest BCUT2D eigenvalue weighted by Gasteiger charge is 2.22. The molecule has 1 atom stereocenters. The zero-order valence-corrected chi connectivity index (χ0v) is 16.7. The Morgan fingerprint density at radius 1 is 0.867 bits per heavy atom. The lowest BCUT2D eigenvalue weighted by Gasteiger charge is -2.19. The summed E-state index contributed by atoms with van der Waals surface area (Å²) in [6, 6.07) is 25.1. The predicted molar refractivity (Wildman–Crippen MR) is 115 cm³/mol. The Hall–Kier alpha value is -3.80. The zero-order chi connectivity index (χ0) is 21.2. The van der Waals surface area contributed by atoms with Crippen LogP contribution < -0.4 is 15.4 Å². The van der Waals surface area contributed by atoms with Gasteiger partial charge in [0, 0.05) is 18.2 Å². The summed E-state index contributed by atoms with van der Waals surface area (Å²) < 4.78 is 10.5. The van der Waals surface area contributed by atoms with Gasteiger partial charge in [0.2, 0.25) is 5.91 Å². The average Bonchev–Trinajstić information content (AvgIpc) is 2.79. The molecule has 2 amide bonds. The molecule has 0 radical (unpaired) electrons. The molecule has 0 aromatic heterocycles. The number of alkyl carbamates (subject to hydrolysis) is 1. The van der Waals surface area contributed by atoms with E-state index in [2.05, 4.69) is 10.6 Å².